The molecule has 0 aliphatic rings. The van der Waals surface area contributed by atoms with E-state index >= 15 is 0 Å². The van der Waals surface area contributed by atoms with Crippen molar-refractivity contribution in [3.63, 3.8) is 0 Å². The zero-order valence-electron chi connectivity index (χ0n) is 11.9. The van der Waals surface area contributed by atoms with Gasteiger partial charge in [0, 0.05) is 18.3 Å². The molecule has 0 saturated carbocycles. The van der Waals surface area contributed by atoms with Crippen LogP contribution < -0.4 is 4.74 Å². The third kappa shape index (κ3) is 2.79. The Bertz CT molecular complexity index is 623. The summed E-state index contributed by atoms with van der Waals surface area (Å²) in [5.74, 6) is 0.0527. The molecule has 6 heteroatoms. The summed E-state index contributed by atoms with van der Waals surface area (Å²) in [6, 6.07) is 3.51. The van der Waals surface area contributed by atoms with Gasteiger partial charge in [-0.15, -0.1) is 0 Å². The minimum absolute atomic E-state index is 0.0527. The lowest BCUT2D eigenvalue weighted by molar-refractivity contribution is -0.0557. The number of ether oxygens (including phenoxy) is 1. The maximum absolute atomic E-state index is 12.4. The summed E-state index contributed by atoms with van der Waals surface area (Å²) >= 11 is 0. The molecule has 0 atom stereocenters. The number of rotatable bonds is 4. The third-order valence-electron chi connectivity index (χ3n) is 3.15. The van der Waals surface area contributed by atoms with E-state index in [1.54, 1.807) is 0 Å². The summed E-state index contributed by atoms with van der Waals surface area (Å²) in [5.41, 5.74) is 4.18. The van der Waals surface area contributed by atoms with E-state index in [2.05, 4.69) is 14.8 Å². The second-order valence-corrected chi connectivity index (χ2v) is 4.62. The second kappa shape index (κ2) is 5.56. The molecule has 0 spiro atoms. The van der Waals surface area contributed by atoms with Gasteiger partial charge in [0.25, 0.3) is 0 Å². The van der Waals surface area contributed by atoms with Crippen molar-refractivity contribution >= 4 is 0 Å². The first kappa shape index (κ1) is 14.4. The number of hydrogen-bond acceptors (Lipinski definition) is 3. The molecule has 0 aliphatic carbocycles. The fourth-order valence-electron chi connectivity index (χ4n) is 2.03. The van der Waals surface area contributed by atoms with Crippen LogP contribution in [0, 0.1) is 20.8 Å². The van der Waals surface area contributed by atoms with Gasteiger partial charge in [-0.05, 0) is 38.8 Å². The summed E-state index contributed by atoms with van der Waals surface area (Å²) in [6.45, 7) is 5.22. The van der Waals surface area contributed by atoms with E-state index in [1.165, 1.54) is 10.7 Å². The lowest BCUT2D eigenvalue weighted by Crippen LogP contribution is -2.07. The topological polar surface area (TPSA) is 39.9 Å². The zero-order valence-corrected chi connectivity index (χ0v) is 11.9. The van der Waals surface area contributed by atoms with Gasteiger partial charge >= 0.3 is 6.61 Å². The van der Waals surface area contributed by atoms with Crippen molar-refractivity contribution in [1.82, 2.24) is 14.8 Å². The first-order valence-corrected chi connectivity index (χ1v) is 6.40. The zero-order chi connectivity index (χ0) is 14.9. The molecule has 108 valence electrons. The highest BCUT2D eigenvalue weighted by atomic mass is 19.3. The van der Waals surface area contributed by atoms with Gasteiger partial charge in [-0.1, -0.05) is 6.07 Å². The fourth-order valence-corrected chi connectivity index (χ4v) is 2.03. The van der Waals surface area contributed by atoms with Gasteiger partial charge in [0.2, 0.25) is 5.88 Å². The van der Waals surface area contributed by atoms with Crippen LogP contribution in [-0.4, -0.2) is 21.4 Å². The van der Waals surface area contributed by atoms with Gasteiger partial charge in [0.1, 0.15) is 5.69 Å². The minimum Gasteiger partial charge on any atom is -0.417 e. The first-order chi connectivity index (χ1) is 9.42. The van der Waals surface area contributed by atoms with Gasteiger partial charge in [0.05, 0.1) is 5.69 Å². The smallest absolute Gasteiger partial charge is 0.388 e. The molecular formula is C14H17F2N3O. The van der Waals surface area contributed by atoms with Crippen molar-refractivity contribution in [3.05, 3.63) is 29.0 Å². The average molecular weight is 281 g/mol. The Hall–Kier alpha value is -1.98. The van der Waals surface area contributed by atoms with E-state index in [0.29, 0.717) is 17.9 Å². The lowest BCUT2D eigenvalue weighted by atomic mass is 10.1. The van der Waals surface area contributed by atoms with Crippen LogP contribution in [0.1, 0.15) is 23.7 Å². The van der Waals surface area contributed by atoms with E-state index in [9.17, 15) is 8.78 Å². The average Bonchev–Trinajstić information content (AvgIpc) is 2.75. The molecule has 0 N–H and O–H groups in total. The van der Waals surface area contributed by atoms with Gasteiger partial charge in [0.15, 0.2) is 0 Å². The van der Waals surface area contributed by atoms with Crippen LogP contribution in [0.3, 0.4) is 0 Å². The van der Waals surface area contributed by atoms with Gasteiger partial charge in [-0.2, -0.15) is 13.9 Å². The highest BCUT2D eigenvalue weighted by molar-refractivity contribution is 5.60. The highest BCUT2D eigenvalue weighted by Crippen LogP contribution is 2.26. The summed E-state index contributed by atoms with van der Waals surface area (Å²) in [4.78, 5) is 4.49. The third-order valence-corrected chi connectivity index (χ3v) is 3.15. The Kier molecular flexibility index (Phi) is 4.01. The molecule has 0 unspecified atom stereocenters. The quantitative estimate of drug-likeness (QED) is 0.861. The predicted octanol–water partition coefficient (Wildman–Crippen LogP) is 3.49. The monoisotopic (exact) mass is 281 g/mol. The van der Waals surface area contributed by atoms with Gasteiger partial charge < -0.3 is 4.74 Å². The molecule has 0 bridgehead atoms. The number of hydrogen-bond donors (Lipinski definition) is 0. The Balaban J connectivity index is 2.48. The molecule has 2 aromatic rings. The molecule has 0 saturated heterocycles. The van der Waals surface area contributed by atoms with Crippen LogP contribution in [0.15, 0.2) is 12.1 Å². The van der Waals surface area contributed by atoms with Crippen LogP contribution in [0.25, 0.3) is 11.4 Å². The van der Waals surface area contributed by atoms with Crippen LogP contribution in [0.2, 0.25) is 0 Å². The number of alkyl halides is 2. The molecule has 2 heterocycles. The summed E-state index contributed by atoms with van der Waals surface area (Å²) in [7, 11) is 0. The van der Waals surface area contributed by atoms with Gasteiger partial charge in [-0.3, -0.25) is 4.98 Å². The molecule has 0 fully saturated rings. The maximum atomic E-state index is 12.4. The highest BCUT2D eigenvalue weighted by Gasteiger charge is 2.16. The molecule has 0 radical (unpaired) electrons. The summed E-state index contributed by atoms with van der Waals surface area (Å²) in [5, 5.41) is 4.28. The van der Waals surface area contributed by atoms with E-state index in [-0.39, 0.29) is 5.88 Å². The minimum atomic E-state index is -2.86. The number of aromatic nitrogens is 3. The Morgan fingerprint density at radius 3 is 2.50 bits per heavy atom. The number of pyridine rings is 1. The molecular weight excluding hydrogens is 264 g/mol. The number of halogens is 2. The SMILES string of the molecule is CCn1nc(-c2nc(C)c(C)cc2C)cc1OC(F)F. The lowest BCUT2D eigenvalue weighted by Gasteiger charge is -2.06. The number of nitrogens with zero attached hydrogens (tertiary/aromatic N) is 3. The van der Waals surface area contributed by atoms with E-state index in [0.717, 1.165) is 16.8 Å². The normalized spacial score (nSPS) is 11.2. The van der Waals surface area contributed by atoms with E-state index in [4.69, 9.17) is 0 Å². The summed E-state index contributed by atoms with van der Waals surface area (Å²) < 4.78 is 30.6. The Morgan fingerprint density at radius 2 is 1.90 bits per heavy atom. The second-order valence-electron chi connectivity index (χ2n) is 4.62. The largest absolute Gasteiger partial charge is 0.417 e. The number of aryl methyl sites for hydroxylation is 4. The van der Waals surface area contributed by atoms with E-state index in [1.807, 2.05) is 33.8 Å². The van der Waals surface area contributed by atoms with Crippen molar-refractivity contribution in [3.8, 4) is 17.3 Å². The van der Waals surface area contributed by atoms with Crippen molar-refractivity contribution in [2.45, 2.75) is 40.9 Å². The van der Waals surface area contributed by atoms with Crippen LogP contribution in [0.4, 0.5) is 8.78 Å². The Labute approximate surface area is 116 Å². The first-order valence-electron chi connectivity index (χ1n) is 6.40. The standard InChI is InChI=1S/C14H17F2N3O/c1-5-19-12(20-14(15)16)7-11(18-19)13-9(3)6-8(2)10(4)17-13/h6-7,14H,5H2,1-4H3. The molecule has 4 nitrogen and oxygen atoms in total. The van der Waals surface area contributed by atoms with E-state index < -0.39 is 6.61 Å². The van der Waals surface area contributed by atoms with Crippen LogP contribution in [-0.2, 0) is 6.54 Å². The molecule has 0 aliphatic heterocycles. The Morgan fingerprint density at radius 1 is 1.20 bits per heavy atom. The van der Waals surface area contributed by atoms with Crippen molar-refractivity contribution in [2.75, 3.05) is 0 Å². The van der Waals surface area contributed by atoms with Gasteiger partial charge in [-0.25, -0.2) is 4.68 Å². The van der Waals surface area contributed by atoms with Crippen LogP contribution >= 0.6 is 0 Å². The molecule has 0 amide bonds. The van der Waals surface area contributed by atoms with Crippen molar-refractivity contribution < 1.29 is 13.5 Å². The summed E-state index contributed by atoms with van der Waals surface area (Å²) in [6.07, 6.45) is 0. The molecule has 2 aromatic heterocycles. The fraction of sp³-hybridized carbons (Fsp3) is 0.429. The molecule has 2 rings (SSSR count). The maximum Gasteiger partial charge on any atom is 0.388 e. The van der Waals surface area contributed by atoms with Crippen molar-refractivity contribution in [1.29, 1.82) is 0 Å². The molecule has 20 heavy (non-hydrogen) atoms. The molecule has 0 aromatic carbocycles. The van der Waals surface area contributed by atoms with Crippen LogP contribution in [0.5, 0.6) is 5.88 Å². The predicted molar refractivity (Wildman–Crippen MR) is 72.0 cm³/mol. The van der Waals surface area contributed by atoms with Crippen molar-refractivity contribution in [2.24, 2.45) is 0 Å².